The van der Waals surface area contributed by atoms with E-state index in [-0.39, 0.29) is 11.2 Å². The van der Waals surface area contributed by atoms with E-state index in [9.17, 15) is 9.59 Å². The van der Waals surface area contributed by atoms with Gasteiger partial charge in [0.05, 0.1) is 11.0 Å². The third-order valence-electron chi connectivity index (χ3n) is 5.63. The fraction of sp³-hybridized carbons (Fsp3) is 0.500. The lowest BCUT2D eigenvalue weighted by atomic mass is 10.2. The van der Waals surface area contributed by atoms with Gasteiger partial charge in [-0.15, -0.1) is 0 Å². The van der Waals surface area contributed by atoms with Crippen LogP contribution in [0.5, 0.6) is 0 Å². The van der Waals surface area contributed by atoms with Crippen molar-refractivity contribution in [3.63, 3.8) is 0 Å². The number of aromatic nitrogens is 4. The maximum atomic E-state index is 12.8. The number of thioether (sulfide) groups is 1. The van der Waals surface area contributed by atoms with Crippen molar-refractivity contribution >= 4 is 22.8 Å². The third-order valence-corrected chi connectivity index (χ3v) is 6.69. The van der Waals surface area contributed by atoms with Crippen LogP contribution in [0.15, 0.2) is 45.1 Å². The average Bonchev–Trinajstić information content (AvgIpc) is 3.05. The first-order valence-corrected chi connectivity index (χ1v) is 11.5. The van der Waals surface area contributed by atoms with Gasteiger partial charge in [0, 0.05) is 37.1 Å². The zero-order chi connectivity index (χ0) is 20.2. The second-order valence-electron chi connectivity index (χ2n) is 7.71. The summed E-state index contributed by atoms with van der Waals surface area (Å²) in [5, 5.41) is 1.10. The van der Waals surface area contributed by atoms with Gasteiger partial charge < -0.3 is 4.57 Å². The van der Waals surface area contributed by atoms with E-state index in [0.29, 0.717) is 13.1 Å². The number of fused-ring (bicyclic) bond motifs is 5. The Bertz CT molecular complexity index is 1110. The number of para-hydroxylation sites is 2. The number of aryl methyl sites for hydroxylation is 2. The summed E-state index contributed by atoms with van der Waals surface area (Å²) in [6, 6.07) is 9.95. The largest absolute Gasteiger partial charge is 0.331 e. The molecule has 6 nitrogen and oxygen atoms in total. The van der Waals surface area contributed by atoms with Crippen LogP contribution in [-0.2, 0) is 19.6 Å². The zero-order valence-corrected chi connectivity index (χ0v) is 17.8. The Morgan fingerprint density at radius 3 is 2.38 bits per heavy atom. The second-order valence-corrected chi connectivity index (χ2v) is 8.78. The van der Waals surface area contributed by atoms with E-state index in [1.807, 2.05) is 24.8 Å². The highest BCUT2D eigenvalue weighted by Gasteiger charge is 2.12. The monoisotopic (exact) mass is 412 g/mol. The zero-order valence-electron chi connectivity index (χ0n) is 17.0. The molecule has 0 amide bonds. The van der Waals surface area contributed by atoms with Gasteiger partial charge in [-0.3, -0.25) is 13.9 Å². The molecule has 2 aromatic heterocycles. The van der Waals surface area contributed by atoms with Crippen LogP contribution in [0.3, 0.4) is 0 Å². The smallest absolute Gasteiger partial charge is 0.319 e. The lowest BCUT2D eigenvalue weighted by molar-refractivity contribution is 0.482. The molecule has 0 N–H and O–H groups in total. The van der Waals surface area contributed by atoms with E-state index in [1.165, 1.54) is 10.1 Å². The van der Waals surface area contributed by atoms with Crippen molar-refractivity contribution in [1.82, 2.24) is 18.7 Å². The molecule has 29 heavy (non-hydrogen) atoms. The minimum atomic E-state index is -0.173. The maximum absolute atomic E-state index is 12.8. The summed E-state index contributed by atoms with van der Waals surface area (Å²) in [5.41, 5.74) is 2.70. The number of hydrogen-bond donors (Lipinski definition) is 0. The van der Waals surface area contributed by atoms with Gasteiger partial charge in [-0.2, -0.15) is 0 Å². The maximum Gasteiger partial charge on any atom is 0.331 e. The van der Waals surface area contributed by atoms with Crippen LogP contribution in [0.4, 0.5) is 0 Å². The minimum Gasteiger partial charge on any atom is -0.319 e. The molecule has 0 atom stereocenters. The Labute approximate surface area is 174 Å². The first-order chi connectivity index (χ1) is 14.1. The van der Waals surface area contributed by atoms with Crippen molar-refractivity contribution in [3.05, 3.63) is 56.9 Å². The molecule has 154 valence electrons. The van der Waals surface area contributed by atoms with Crippen LogP contribution < -0.4 is 11.2 Å². The molecule has 3 aromatic rings. The van der Waals surface area contributed by atoms with Gasteiger partial charge in [-0.1, -0.05) is 30.3 Å². The molecular weight excluding hydrogens is 384 g/mol. The van der Waals surface area contributed by atoms with Crippen LogP contribution in [-0.4, -0.2) is 24.4 Å². The normalized spacial score (nSPS) is 16.6. The molecule has 0 aliphatic carbocycles. The fourth-order valence-corrected chi connectivity index (χ4v) is 5.05. The van der Waals surface area contributed by atoms with Crippen molar-refractivity contribution in [1.29, 1.82) is 0 Å². The first kappa shape index (κ1) is 20.0. The molecule has 1 aromatic carbocycles. The van der Waals surface area contributed by atoms with Gasteiger partial charge in [0.2, 0.25) is 0 Å². The highest BCUT2D eigenvalue weighted by atomic mass is 32.2. The highest BCUT2D eigenvalue weighted by Crippen LogP contribution is 2.25. The van der Waals surface area contributed by atoms with Crippen LogP contribution in [0.2, 0.25) is 0 Å². The molecule has 2 bridgehead atoms. The summed E-state index contributed by atoms with van der Waals surface area (Å²) in [6.45, 7) is 3.96. The average molecular weight is 413 g/mol. The summed E-state index contributed by atoms with van der Waals surface area (Å²) in [7, 11) is 0. The van der Waals surface area contributed by atoms with E-state index in [2.05, 4.69) is 22.8 Å². The summed E-state index contributed by atoms with van der Waals surface area (Å²) < 4.78 is 5.52. The molecule has 0 saturated heterocycles. The highest BCUT2D eigenvalue weighted by molar-refractivity contribution is 7.99. The number of imidazole rings is 1. The minimum absolute atomic E-state index is 0.153. The second kappa shape index (κ2) is 9.03. The van der Waals surface area contributed by atoms with Gasteiger partial charge in [0.15, 0.2) is 5.16 Å². The van der Waals surface area contributed by atoms with E-state index >= 15 is 0 Å². The number of hydrogen-bond acceptors (Lipinski definition) is 4. The summed E-state index contributed by atoms with van der Waals surface area (Å²) >= 11 is 1.81. The third kappa shape index (κ3) is 4.34. The van der Waals surface area contributed by atoms with Crippen molar-refractivity contribution in [2.45, 2.75) is 70.2 Å². The van der Waals surface area contributed by atoms with E-state index in [4.69, 9.17) is 4.98 Å². The Hall–Kier alpha value is -2.28. The molecule has 0 radical (unpaired) electrons. The molecule has 0 saturated carbocycles. The molecule has 7 heteroatoms. The fourth-order valence-electron chi connectivity index (χ4n) is 4.01. The topological polar surface area (TPSA) is 61.8 Å². The Kier molecular flexibility index (Phi) is 6.23. The molecule has 4 rings (SSSR count). The molecule has 0 spiro atoms. The van der Waals surface area contributed by atoms with Crippen molar-refractivity contribution < 1.29 is 0 Å². The quantitative estimate of drug-likeness (QED) is 0.563. The van der Waals surface area contributed by atoms with Crippen LogP contribution in [0, 0.1) is 6.92 Å². The lowest BCUT2D eigenvalue weighted by Gasteiger charge is -2.14. The molecular formula is C22H28N4O2S. The number of benzene rings is 1. The number of rotatable bonds is 0. The van der Waals surface area contributed by atoms with E-state index < -0.39 is 0 Å². The summed E-state index contributed by atoms with van der Waals surface area (Å²) in [4.78, 5) is 29.9. The van der Waals surface area contributed by atoms with Crippen molar-refractivity contribution in [3.8, 4) is 0 Å². The molecule has 0 unspecified atom stereocenters. The molecule has 3 heterocycles. The van der Waals surface area contributed by atoms with Crippen LogP contribution in [0.25, 0.3) is 11.0 Å². The standard InChI is InChI=1S/C22H28N4O2S/c1-17-16-20(27)26-14-8-3-9-15-29-21-23-18-10-4-5-11-19(18)25(21)13-7-2-6-12-24(17)22(26)28/h4-5,10-11,16H,2-3,6-9,12-15H2,1H3. The first-order valence-electron chi connectivity index (χ1n) is 10.5. The summed E-state index contributed by atoms with van der Waals surface area (Å²) in [5.74, 6) is 0.996. The predicted octanol–water partition coefficient (Wildman–Crippen LogP) is 3.81. The van der Waals surface area contributed by atoms with Crippen molar-refractivity contribution in [2.75, 3.05) is 5.75 Å². The van der Waals surface area contributed by atoms with Crippen LogP contribution >= 0.6 is 11.8 Å². The van der Waals surface area contributed by atoms with E-state index in [1.54, 1.807) is 10.6 Å². The summed E-state index contributed by atoms with van der Waals surface area (Å²) in [6.07, 6.45) is 5.88. The van der Waals surface area contributed by atoms with Crippen LogP contribution in [0.1, 0.15) is 44.2 Å². The van der Waals surface area contributed by atoms with Gasteiger partial charge in [-0.25, -0.2) is 9.78 Å². The Morgan fingerprint density at radius 1 is 0.862 bits per heavy atom. The number of nitrogens with zero attached hydrogens (tertiary/aromatic N) is 4. The van der Waals surface area contributed by atoms with Gasteiger partial charge in [0.1, 0.15) is 0 Å². The molecule has 1 aliphatic rings. The Balaban J connectivity index is 1.57. The van der Waals surface area contributed by atoms with Gasteiger partial charge in [0.25, 0.3) is 5.56 Å². The lowest BCUT2D eigenvalue weighted by Crippen LogP contribution is -2.40. The Morgan fingerprint density at radius 2 is 1.55 bits per heavy atom. The van der Waals surface area contributed by atoms with Gasteiger partial charge in [-0.05, 0) is 51.2 Å². The van der Waals surface area contributed by atoms with Crippen molar-refractivity contribution in [2.24, 2.45) is 0 Å². The molecule has 0 fully saturated rings. The molecule has 1 aliphatic heterocycles. The van der Waals surface area contributed by atoms with Gasteiger partial charge >= 0.3 is 5.69 Å². The predicted molar refractivity (Wildman–Crippen MR) is 118 cm³/mol. The SMILES string of the molecule is Cc1cc(=O)n2c(=O)n1CCCCCn1c(nc3ccccc31)SCCCCC2. The van der Waals surface area contributed by atoms with E-state index in [0.717, 1.165) is 67.2 Å².